The van der Waals surface area contributed by atoms with Gasteiger partial charge in [0.1, 0.15) is 11.6 Å². The first kappa shape index (κ1) is 18.1. The van der Waals surface area contributed by atoms with Gasteiger partial charge in [-0.3, -0.25) is 4.79 Å². The summed E-state index contributed by atoms with van der Waals surface area (Å²) in [6.07, 6.45) is 4.71. The summed E-state index contributed by atoms with van der Waals surface area (Å²) in [6.45, 7) is 5.85. The molecule has 4 nitrogen and oxygen atoms in total. The molecule has 0 spiro atoms. The molecule has 0 saturated carbocycles. The lowest BCUT2D eigenvalue weighted by Crippen LogP contribution is -2.23. The quantitative estimate of drug-likeness (QED) is 0.577. The zero-order valence-electron chi connectivity index (χ0n) is 13.1. The number of anilines is 1. The van der Waals surface area contributed by atoms with Crippen molar-refractivity contribution in [3.05, 3.63) is 41.1 Å². The number of rotatable bonds is 8. The van der Waals surface area contributed by atoms with E-state index in [0.717, 1.165) is 32.4 Å². The molecule has 1 N–H and O–H groups in total. The highest BCUT2D eigenvalue weighted by Crippen LogP contribution is 2.21. The number of halogens is 1. The minimum atomic E-state index is -0.437. The van der Waals surface area contributed by atoms with E-state index >= 15 is 0 Å². The summed E-state index contributed by atoms with van der Waals surface area (Å²) in [5.74, 6) is -0.437. The molecular weight excluding hydrogens is 298 g/mol. The van der Waals surface area contributed by atoms with Gasteiger partial charge in [0, 0.05) is 19.3 Å². The SMILES string of the molecule is CCCCN(/C=C(/C#N)C(=O)Nc1ccccc1Cl)CCC. The Morgan fingerprint density at radius 1 is 1.32 bits per heavy atom. The molecule has 1 rings (SSSR count). The second-order valence-corrected chi connectivity index (χ2v) is 5.39. The highest BCUT2D eigenvalue weighted by molar-refractivity contribution is 6.33. The van der Waals surface area contributed by atoms with Crippen LogP contribution in [0.1, 0.15) is 33.1 Å². The number of amides is 1. The second-order valence-electron chi connectivity index (χ2n) is 4.98. The molecule has 0 atom stereocenters. The van der Waals surface area contributed by atoms with E-state index in [9.17, 15) is 10.1 Å². The zero-order chi connectivity index (χ0) is 16.4. The molecular formula is C17H22ClN3O. The number of nitrogens with zero attached hydrogens (tertiary/aromatic N) is 2. The molecule has 0 fully saturated rings. The number of nitrogens with one attached hydrogen (secondary N) is 1. The molecule has 0 radical (unpaired) electrons. The van der Waals surface area contributed by atoms with Crippen LogP contribution in [0.15, 0.2) is 36.0 Å². The number of benzene rings is 1. The van der Waals surface area contributed by atoms with Crippen LogP contribution in [0.5, 0.6) is 0 Å². The first-order valence-electron chi connectivity index (χ1n) is 7.54. The molecule has 0 aromatic heterocycles. The topological polar surface area (TPSA) is 56.1 Å². The van der Waals surface area contributed by atoms with Gasteiger partial charge in [-0.1, -0.05) is 44.0 Å². The molecule has 0 saturated heterocycles. The number of hydrogen-bond acceptors (Lipinski definition) is 3. The lowest BCUT2D eigenvalue weighted by Gasteiger charge is -2.19. The highest BCUT2D eigenvalue weighted by atomic mass is 35.5. The van der Waals surface area contributed by atoms with Crippen LogP contribution in [0.4, 0.5) is 5.69 Å². The number of carbonyl (C=O) groups is 1. The fourth-order valence-electron chi connectivity index (χ4n) is 1.96. The van der Waals surface area contributed by atoms with Crippen molar-refractivity contribution in [1.82, 2.24) is 4.90 Å². The van der Waals surface area contributed by atoms with Gasteiger partial charge in [-0.05, 0) is 25.0 Å². The van der Waals surface area contributed by atoms with E-state index in [1.165, 1.54) is 0 Å². The van der Waals surface area contributed by atoms with Gasteiger partial charge in [-0.2, -0.15) is 5.26 Å². The summed E-state index contributed by atoms with van der Waals surface area (Å²) in [7, 11) is 0. The maximum absolute atomic E-state index is 12.2. The maximum Gasteiger partial charge on any atom is 0.267 e. The first-order chi connectivity index (χ1) is 10.6. The van der Waals surface area contributed by atoms with Crippen LogP contribution >= 0.6 is 11.6 Å². The molecule has 0 aliphatic rings. The molecule has 22 heavy (non-hydrogen) atoms. The van der Waals surface area contributed by atoms with Crippen molar-refractivity contribution in [3.8, 4) is 6.07 Å². The number of unbranched alkanes of at least 4 members (excludes halogenated alkanes) is 1. The van der Waals surface area contributed by atoms with Gasteiger partial charge in [0.25, 0.3) is 5.91 Å². The standard InChI is InChI=1S/C17H22ClN3O/c1-3-5-11-21(10-4-2)13-14(12-19)17(22)20-16-9-7-6-8-15(16)18/h6-9,13H,3-5,10-11H2,1-2H3,(H,20,22)/b14-13-. The monoisotopic (exact) mass is 319 g/mol. The Morgan fingerprint density at radius 2 is 2.05 bits per heavy atom. The van der Waals surface area contributed by atoms with Crippen molar-refractivity contribution < 1.29 is 4.79 Å². The summed E-state index contributed by atoms with van der Waals surface area (Å²) in [5.41, 5.74) is 0.593. The van der Waals surface area contributed by atoms with Gasteiger partial charge in [0.05, 0.1) is 10.7 Å². The third kappa shape index (κ3) is 5.79. The van der Waals surface area contributed by atoms with Crippen LogP contribution in [0.25, 0.3) is 0 Å². The lowest BCUT2D eigenvalue weighted by molar-refractivity contribution is -0.112. The number of hydrogen-bond donors (Lipinski definition) is 1. The fourth-order valence-corrected chi connectivity index (χ4v) is 2.15. The average Bonchev–Trinajstić information content (AvgIpc) is 2.52. The van der Waals surface area contributed by atoms with Gasteiger partial charge in [-0.25, -0.2) is 0 Å². The van der Waals surface area contributed by atoms with Crippen molar-refractivity contribution in [3.63, 3.8) is 0 Å². The third-order valence-electron chi connectivity index (χ3n) is 3.11. The van der Waals surface area contributed by atoms with Crippen molar-refractivity contribution in [2.75, 3.05) is 18.4 Å². The van der Waals surface area contributed by atoms with Gasteiger partial charge in [0.15, 0.2) is 0 Å². The Morgan fingerprint density at radius 3 is 2.64 bits per heavy atom. The molecule has 0 unspecified atom stereocenters. The summed E-state index contributed by atoms with van der Waals surface area (Å²) in [5, 5.41) is 12.4. The average molecular weight is 320 g/mol. The lowest BCUT2D eigenvalue weighted by atomic mass is 10.2. The van der Waals surface area contributed by atoms with E-state index in [-0.39, 0.29) is 5.57 Å². The molecule has 5 heteroatoms. The zero-order valence-corrected chi connectivity index (χ0v) is 13.9. The van der Waals surface area contributed by atoms with E-state index in [1.54, 1.807) is 30.5 Å². The van der Waals surface area contributed by atoms with Crippen LogP contribution < -0.4 is 5.32 Å². The molecule has 0 aliphatic heterocycles. The fraction of sp³-hybridized carbons (Fsp3) is 0.412. The van der Waals surface area contributed by atoms with Crippen LogP contribution in [-0.4, -0.2) is 23.9 Å². The summed E-state index contributed by atoms with van der Waals surface area (Å²) in [6, 6.07) is 8.93. The number of nitriles is 1. The molecule has 1 aromatic carbocycles. The molecule has 0 heterocycles. The van der Waals surface area contributed by atoms with Gasteiger partial charge in [0.2, 0.25) is 0 Å². The van der Waals surface area contributed by atoms with Crippen molar-refractivity contribution >= 4 is 23.2 Å². The van der Waals surface area contributed by atoms with Gasteiger partial charge in [-0.15, -0.1) is 0 Å². The number of para-hydroxylation sites is 1. The Balaban J connectivity index is 2.84. The second kappa shape index (κ2) is 9.86. The molecule has 118 valence electrons. The van der Waals surface area contributed by atoms with E-state index in [0.29, 0.717) is 10.7 Å². The maximum atomic E-state index is 12.2. The van der Waals surface area contributed by atoms with Crippen molar-refractivity contribution in [1.29, 1.82) is 5.26 Å². The van der Waals surface area contributed by atoms with Gasteiger partial charge < -0.3 is 10.2 Å². The van der Waals surface area contributed by atoms with Crippen molar-refractivity contribution in [2.24, 2.45) is 0 Å². The highest BCUT2D eigenvalue weighted by Gasteiger charge is 2.12. The smallest absolute Gasteiger partial charge is 0.267 e. The first-order valence-corrected chi connectivity index (χ1v) is 7.92. The van der Waals surface area contributed by atoms with E-state index in [2.05, 4.69) is 19.2 Å². The minimum absolute atomic E-state index is 0.0875. The van der Waals surface area contributed by atoms with Crippen molar-refractivity contribution in [2.45, 2.75) is 33.1 Å². The van der Waals surface area contributed by atoms with E-state index < -0.39 is 5.91 Å². The Kier molecular flexibility index (Phi) is 8.09. The Labute approximate surface area is 137 Å². The van der Waals surface area contributed by atoms with Crippen LogP contribution in [0, 0.1) is 11.3 Å². The van der Waals surface area contributed by atoms with Gasteiger partial charge >= 0.3 is 0 Å². The normalized spacial score (nSPS) is 10.9. The predicted molar refractivity (Wildman–Crippen MR) is 90.5 cm³/mol. The molecule has 0 aliphatic carbocycles. The Bertz CT molecular complexity index is 563. The van der Waals surface area contributed by atoms with E-state index in [1.807, 2.05) is 11.0 Å². The summed E-state index contributed by atoms with van der Waals surface area (Å²) >= 11 is 6.01. The summed E-state index contributed by atoms with van der Waals surface area (Å²) < 4.78 is 0. The molecule has 1 aromatic rings. The minimum Gasteiger partial charge on any atom is -0.376 e. The van der Waals surface area contributed by atoms with Crippen LogP contribution in [0.2, 0.25) is 5.02 Å². The largest absolute Gasteiger partial charge is 0.376 e. The number of carbonyl (C=O) groups excluding carboxylic acids is 1. The summed E-state index contributed by atoms with van der Waals surface area (Å²) in [4.78, 5) is 14.2. The Hall–Kier alpha value is -1.99. The molecule has 0 bridgehead atoms. The van der Waals surface area contributed by atoms with Crippen LogP contribution in [-0.2, 0) is 4.79 Å². The van der Waals surface area contributed by atoms with Crippen LogP contribution in [0.3, 0.4) is 0 Å². The van der Waals surface area contributed by atoms with E-state index in [4.69, 9.17) is 11.6 Å². The predicted octanol–water partition coefficient (Wildman–Crippen LogP) is 4.20. The third-order valence-corrected chi connectivity index (χ3v) is 3.44. The molecule has 1 amide bonds.